The lowest BCUT2D eigenvalue weighted by Gasteiger charge is -2.22. The lowest BCUT2D eigenvalue weighted by atomic mass is 9.98. The zero-order chi connectivity index (χ0) is 18.9. The first-order chi connectivity index (χ1) is 13.3. The van der Waals surface area contributed by atoms with Crippen molar-refractivity contribution in [2.24, 2.45) is 4.99 Å². The summed E-state index contributed by atoms with van der Waals surface area (Å²) in [4.78, 5) is 8.92. The number of para-hydroxylation sites is 2. The second kappa shape index (κ2) is 12.3. The Hall–Kier alpha value is -1.35. The van der Waals surface area contributed by atoms with E-state index >= 15 is 0 Å². The van der Waals surface area contributed by atoms with Crippen molar-refractivity contribution in [3.05, 3.63) is 30.1 Å². The first-order valence-electron chi connectivity index (χ1n) is 10.3. The van der Waals surface area contributed by atoms with Crippen LogP contribution >= 0.6 is 24.0 Å². The topological polar surface area (TPSA) is 63.5 Å². The molecule has 6 nitrogen and oxygen atoms in total. The van der Waals surface area contributed by atoms with E-state index in [4.69, 9.17) is 4.74 Å². The Balaban J connectivity index is 0.00000280. The van der Waals surface area contributed by atoms with E-state index < -0.39 is 0 Å². The summed E-state index contributed by atoms with van der Waals surface area (Å²) in [6.07, 6.45) is 7.98. The zero-order valence-electron chi connectivity index (χ0n) is 17.1. The van der Waals surface area contributed by atoms with Gasteiger partial charge in [-0.25, -0.2) is 4.98 Å². The summed E-state index contributed by atoms with van der Waals surface area (Å²) in [6.45, 7) is 5.42. The average Bonchev–Trinajstić information content (AvgIpc) is 3.02. The molecule has 156 valence electrons. The number of ether oxygens (including phenoxy) is 1. The Morgan fingerprint density at radius 1 is 1.18 bits per heavy atom. The third-order valence-corrected chi connectivity index (χ3v) is 5.22. The van der Waals surface area contributed by atoms with Gasteiger partial charge in [-0.3, -0.25) is 4.99 Å². The standard InChI is InChI=1S/C21H33N5O.HI/c1-17-25-19-11-6-7-12-20(19)26(17)15-14-24-21(22-2)23-13-8-16-27-18-9-4-3-5-10-18;/h6-7,11-12,18H,3-5,8-10,13-16H2,1-2H3,(H2,22,23,24);1H. The molecular formula is C21H34IN5O. The smallest absolute Gasteiger partial charge is 0.191 e. The van der Waals surface area contributed by atoms with Crippen LogP contribution in [0.3, 0.4) is 0 Å². The Morgan fingerprint density at radius 2 is 1.93 bits per heavy atom. The van der Waals surface area contributed by atoms with E-state index in [9.17, 15) is 0 Å². The van der Waals surface area contributed by atoms with Gasteiger partial charge in [-0.15, -0.1) is 24.0 Å². The number of imidazole rings is 1. The van der Waals surface area contributed by atoms with Gasteiger partial charge in [-0.1, -0.05) is 31.4 Å². The maximum absolute atomic E-state index is 5.97. The highest BCUT2D eigenvalue weighted by atomic mass is 127. The van der Waals surface area contributed by atoms with Crippen molar-refractivity contribution in [3.63, 3.8) is 0 Å². The first kappa shape index (κ1) is 22.9. The summed E-state index contributed by atoms with van der Waals surface area (Å²) in [5.74, 6) is 1.88. The maximum Gasteiger partial charge on any atom is 0.191 e. The lowest BCUT2D eigenvalue weighted by Crippen LogP contribution is -2.39. The fourth-order valence-corrected chi connectivity index (χ4v) is 3.75. The molecule has 1 aliphatic carbocycles. The van der Waals surface area contributed by atoms with Gasteiger partial charge >= 0.3 is 0 Å². The molecule has 0 spiro atoms. The molecular weight excluding hydrogens is 465 g/mol. The molecule has 0 radical (unpaired) electrons. The third-order valence-electron chi connectivity index (χ3n) is 5.22. The maximum atomic E-state index is 5.97. The van der Waals surface area contributed by atoms with E-state index in [0.717, 1.165) is 50.0 Å². The van der Waals surface area contributed by atoms with Crippen LogP contribution in [0.2, 0.25) is 0 Å². The summed E-state index contributed by atoms with van der Waals surface area (Å²) >= 11 is 0. The van der Waals surface area contributed by atoms with Crippen LogP contribution in [-0.2, 0) is 11.3 Å². The Morgan fingerprint density at radius 3 is 2.71 bits per heavy atom. The van der Waals surface area contributed by atoms with Crippen LogP contribution in [0, 0.1) is 6.92 Å². The molecule has 0 atom stereocenters. The third kappa shape index (κ3) is 6.62. The minimum Gasteiger partial charge on any atom is -0.378 e. The molecule has 1 aromatic heterocycles. The second-order valence-electron chi connectivity index (χ2n) is 7.21. The predicted molar refractivity (Wildman–Crippen MR) is 127 cm³/mol. The van der Waals surface area contributed by atoms with Crippen molar-refractivity contribution in [1.29, 1.82) is 0 Å². The highest BCUT2D eigenvalue weighted by Crippen LogP contribution is 2.20. The van der Waals surface area contributed by atoms with Crippen LogP contribution in [0.4, 0.5) is 0 Å². The van der Waals surface area contributed by atoms with Crippen LogP contribution in [0.5, 0.6) is 0 Å². The number of hydrogen-bond acceptors (Lipinski definition) is 3. The van der Waals surface area contributed by atoms with E-state index in [1.807, 2.05) is 13.1 Å². The fraction of sp³-hybridized carbons (Fsp3) is 0.619. The monoisotopic (exact) mass is 499 g/mol. The number of nitrogens with one attached hydrogen (secondary N) is 2. The number of aliphatic imine (C=N–C) groups is 1. The normalized spacial score (nSPS) is 15.4. The van der Waals surface area contributed by atoms with Gasteiger partial charge in [0.25, 0.3) is 0 Å². The molecule has 28 heavy (non-hydrogen) atoms. The Labute approximate surface area is 185 Å². The van der Waals surface area contributed by atoms with Crippen molar-refractivity contribution in [3.8, 4) is 0 Å². The van der Waals surface area contributed by atoms with Crippen molar-refractivity contribution < 1.29 is 4.74 Å². The number of aromatic nitrogens is 2. The first-order valence-corrected chi connectivity index (χ1v) is 10.3. The number of guanidine groups is 1. The molecule has 0 amide bonds. The summed E-state index contributed by atoms with van der Waals surface area (Å²) in [6, 6.07) is 8.27. The molecule has 0 aliphatic heterocycles. The number of benzene rings is 1. The number of rotatable bonds is 8. The van der Waals surface area contributed by atoms with Gasteiger partial charge < -0.3 is 19.9 Å². The van der Waals surface area contributed by atoms with Crippen molar-refractivity contribution in [2.75, 3.05) is 26.7 Å². The van der Waals surface area contributed by atoms with Crippen LogP contribution in [-0.4, -0.2) is 48.4 Å². The minimum absolute atomic E-state index is 0. The lowest BCUT2D eigenvalue weighted by molar-refractivity contribution is 0.0277. The minimum atomic E-state index is 0. The molecule has 3 rings (SSSR count). The molecule has 1 heterocycles. The summed E-state index contributed by atoms with van der Waals surface area (Å²) in [7, 11) is 1.81. The number of halogens is 1. The van der Waals surface area contributed by atoms with E-state index in [1.165, 1.54) is 37.6 Å². The largest absolute Gasteiger partial charge is 0.378 e. The van der Waals surface area contributed by atoms with Gasteiger partial charge in [0.15, 0.2) is 5.96 Å². The SMILES string of the molecule is CN=C(NCCCOC1CCCCC1)NCCn1c(C)nc2ccccc21.I. The van der Waals surface area contributed by atoms with Crippen LogP contribution in [0.15, 0.2) is 29.3 Å². The van der Waals surface area contributed by atoms with Crippen molar-refractivity contribution >= 4 is 41.0 Å². The van der Waals surface area contributed by atoms with Crippen molar-refractivity contribution in [1.82, 2.24) is 20.2 Å². The van der Waals surface area contributed by atoms with Gasteiger partial charge in [0.2, 0.25) is 0 Å². The molecule has 2 aromatic rings. The fourth-order valence-electron chi connectivity index (χ4n) is 3.75. The van der Waals surface area contributed by atoms with Gasteiger partial charge in [-0.2, -0.15) is 0 Å². The number of aryl methyl sites for hydroxylation is 1. The predicted octanol–water partition coefficient (Wildman–Crippen LogP) is 3.87. The van der Waals surface area contributed by atoms with Gasteiger partial charge in [0.05, 0.1) is 17.1 Å². The van der Waals surface area contributed by atoms with E-state index in [2.05, 4.69) is 50.3 Å². The molecule has 2 N–H and O–H groups in total. The number of hydrogen-bond donors (Lipinski definition) is 2. The molecule has 0 bridgehead atoms. The van der Waals surface area contributed by atoms with E-state index in [0.29, 0.717) is 6.10 Å². The highest BCUT2D eigenvalue weighted by Gasteiger charge is 2.13. The molecule has 0 saturated heterocycles. The van der Waals surface area contributed by atoms with E-state index in [1.54, 1.807) is 0 Å². The Kier molecular flexibility index (Phi) is 10.0. The number of nitrogens with zero attached hydrogens (tertiary/aromatic N) is 3. The summed E-state index contributed by atoms with van der Waals surface area (Å²) in [5, 5.41) is 6.76. The van der Waals surface area contributed by atoms with Gasteiger partial charge in [0.1, 0.15) is 5.82 Å². The number of fused-ring (bicyclic) bond motifs is 1. The molecule has 1 saturated carbocycles. The summed E-state index contributed by atoms with van der Waals surface area (Å²) < 4.78 is 8.22. The Bertz CT molecular complexity index is 739. The van der Waals surface area contributed by atoms with Gasteiger partial charge in [0, 0.05) is 33.3 Å². The highest BCUT2D eigenvalue weighted by molar-refractivity contribution is 14.0. The second-order valence-corrected chi connectivity index (χ2v) is 7.21. The van der Waals surface area contributed by atoms with Crippen LogP contribution in [0.1, 0.15) is 44.3 Å². The average molecular weight is 499 g/mol. The molecule has 1 aromatic carbocycles. The quantitative estimate of drug-likeness (QED) is 0.251. The molecule has 0 unspecified atom stereocenters. The zero-order valence-corrected chi connectivity index (χ0v) is 19.4. The van der Waals surface area contributed by atoms with Crippen LogP contribution < -0.4 is 10.6 Å². The van der Waals surface area contributed by atoms with Gasteiger partial charge in [-0.05, 0) is 38.3 Å². The molecule has 1 fully saturated rings. The molecule has 1 aliphatic rings. The van der Waals surface area contributed by atoms with Crippen LogP contribution in [0.25, 0.3) is 11.0 Å². The molecule has 7 heteroatoms. The van der Waals surface area contributed by atoms with E-state index in [-0.39, 0.29) is 24.0 Å². The summed E-state index contributed by atoms with van der Waals surface area (Å²) in [5.41, 5.74) is 2.23. The van der Waals surface area contributed by atoms with Crippen molar-refractivity contribution in [2.45, 2.75) is 58.1 Å².